The maximum absolute atomic E-state index is 4.41. The molecule has 2 unspecified atom stereocenters. The molecule has 0 aliphatic rings. The lowest BCUT2D eigenvalue weighted by Crippen LogP contribution is -2.31. The topological polar surface area (TPSA) is 28.0 Å². The van der Waals surface area contributed by atoms with Gasteiger partial charge in [0.25, 0.3) is 0 Å². The molecule has 0 spiro atoms. The summed E-state index contributed by atoms with van der Waals surface area (Å²) in [5.74, 6) is 0. The van der Waals surface area contributed by atoms with Crippen molar-refractivity contribution < 1.29 is 0 Å². The van der Waals surface area contributed by atoms with E-state index in [4.69, 9.17) is 0 Å². The molecule has 4 heteroatoms. The number of nitrogens with zero attached hydrogens (tertiary/aromatic N) is 3. The molecule has 3 nitrogen and oxygen atoms in total. The average molecular weight is 259 g/mol. The van der Waals surface area contributed by atoms with E-state index in [0.29, 0.717) is 18.1 Å². The van der Waals surface area contributed by atoms with Gasteiger partial charge in [0.15, 0.2) is 0 Å². The van der Waals surface area contributed by atoms with Crippen LogP contribution in [0, 0.1) is 0 Å². The van der Waals surface area contributed by atoms with Crippen LogP contribution in [0.5, 0.6) is 0 Å². The third kappa shape index (κ3) is 7.63. The monoisotopic (exact) mass is 259 g/mol. The smallest absolute Gasteiger partial charge is 0.0702 e. The van der Waals surface area contributed by atoms with Gasteiger partial charge in [-0.1, -0.05) is 12.1 Å². The summed E-state index contributed by atoms with van der Waals surface area (Å²) in [5.41, 5.74) is 0. The first-order chi connectivity index (χ1) is 7.88. The molecule has 2 atom stereocenters. The summed E-state index contributed by atoms with van der Waals surface area (Å²) in [6.07, 6.45) is 4.50. The molecule has 102 valence electrons. The molecule has 0 saturated carbocycles. The molecule has 0 aliphatic carbocycles. The Morgan fingerprint density at radius 2 is 1.47 bits per heavy atom. The molecule has 0 bridgehead atoms. The van der Waals surface area contributed by atoms with Crippen LogP contribution in [-0.2, 0) is 0 Å². The van der Waals surface area contributed by atoms with Crippen molar-refractivity contribution in [1.29, 1.82) is 0 Å². The molecular formula is C13H29N3S. The Bertz CT molecular complexity index is 209. The fourth-order valence-corrected chi connectivity index (χ4v) is 1.97. The number of rotatable bonds is 8. The summed E-state index contributed by atoms with van der Waals surface area (Å²) in [6, 6.07) is 1.15. The van der Waals surface area contributed by atoms with Gasteiger partial charge in [0.05, 0.1) is 6.04 Å². The van der Waals surface area contributed by atoms with Crippen molar-refractivity contribution >= 4 is 11.8 Å². The van der Waals surface area contributed by atoms with Gasteiger partial charge < -0.3 is 0 Å². The first-order valence-electron chi connectivity index (χ1n) is 6.60. The van der Waals surface area contributed by atoms with Crippen LogP contribution in [0.2, 0.25) is 0 Å². The van der Waals surface area contributed by atoms with Gasteiger partial charge in [-0.05, 0) is 53.7 Å². The van der Waals surface area contributed by atoms with Crippen LogP contribution in [0.25, 0.3) is 0 Å². The van der Waals surface area contributed by atoms with Gasteiger partial charge in [-0.3, -0.25) is 5.01 Å². The normalized spacial score (nSPS) is 15.8. The molecule has 0 fully saturated rings. The molecule has 0 heterocycles. The molecule has 0 aromatic heterocycles. The quantitative estimate of drug-likeness (QED) is 0.477. The minimum atomic E-state index is 0.324. The Hall–Kier alpha value is -0.250. The van der Waals surface area contributed by atoms with Crippen LogP contribution in [0.15, 0.2) is 10.3 Å². The second-order valence-corrected chi connectivity index (χ2v) is 6.52. The van der Waals surface area contributed by atoms with E-state index in [-0.39, 0.29) is 0 Å². The zero-order chi connectivity index (χ0) is 13.4. The minimum absolute atomic E-state index is 0.324. The van der Waals surface area contributed by atoms with Crippen molar-refractivity contribution in [2.75, 3.05) is 6.26 Å². The maximum Gasteiger partial charge on any atom is 0.0702 e. The Morgan fingerprint density at radius 1 is 0.941 bits per heavy atom. The van der Waals surface area contributed by atoms with Crippen molar-refractivity contribution in [3.8, 4) is 0 Å². The summed E-state index contributed by atoms with van der Waals surface area (Å²) < 4.78 is 0. The van der Waals surface area contributed by atoms with E-state index in [0.717, 1.165) is 11.7 Å². The molecule has 0 aromatic carbocycles. The van der Waals surface area contributed by atoms with Gasteiger partial charge in [0, 0.05) is 17.3 Å². The standard InChI is InChI=1S/C13H29N3S/c1-10(2)16(11(3)4)15-14-12(5)8-9-13(6)17-7/h10-13H,8-9H2,1-7H3. The SMILES string of the molecule is CSC(C)CCC(C)N=NN(C(C)C)C(C)C. The summed E-state index contributed by atoms with van der Waals surface area (Å²) in [5, 5.41) is 11.6. The zero-order valence-corrected chi connectivity index (χ0v) is 13.3. The predicted octanol–water partition coefficient (Wildman–Crippen LogP) is 4.39. The third-order valence-electron chi connectivity index (χ3n) is 2.80. The highest BCUT2D eigenvalue weighted by Gasteiger charge is 2.11. The van der Waals surface area contributed by atoms with E-state index in [1.165, 1.54) is 6.42 Å². The van der Waals surface area contributed by atoms with Crippen LogP contribution in [0.4, 0.5) is 0 Å². The second kappa shape index (κ2) is 8.78. The lowest BCUT2D eigenvalue weighted by atomic mass is 10.1. The second-order valence-electron chi connectivity index (χ2n) is 5.25. The first kappa shape index (κ1) is 16.8. The maximum atomic E-state index is 4.41. The number of thioether (sulfide) groups is 1. The van der Waals surface area contributed by atoms with Gasteiger partial charge in [0.1, 0.15) is 0 Å². The summed E-state index contributed by atoms with van der Waals surface area (Å²) in [4.78, 5) is 0. The number of hydrogen-bond donors (Lipinski definition) is 0. The van der Waals surface area contributed by atoms with Crippen LogP contribution in [0.1, 0.15) is 54.4 Å². The summed E-state index contributed by atoms with van der Waals surface area (Å²) in [6.45, 7) is 13.0. The molecule has 0 amide bonds. The van der Waals surface area contributed by atoms with E-state index < -0.39 is 0 Å². The Labute approximate surface area is 111 Å². The van der Waals surface area contributed by atoms with E-state index in [2.05, 4.69) is 63.1 Å². The highest BCUT2D eigenvalue weighted by molar-refractivity contribution is 7.99. The zero-order valence-electron chi connectivity index (χ0n) is 12.5. The average Bonchev–Trinajstić information content (AvgIpc) is 2.25. The molecule has 17 heavy (non-hydrogen) atoms. The molecular weight excluding hydrogens is 230 g/mol. The van der Waals surface area contributed by atoms with Gasteiger partial charge in [0.2, 0.25) is 0 Å². The Kier molecular flexibility index (Phi) is 8.66. The van der Waals surface area contributed by atoms with Crippen LogP contribution < -0.4 is 0 Å². The first-order valence-corrected chi connectivity index (χ1v) is 7.89. The van der Waals surface area contributed by atoms with Crippen molar-refractivity contribution in [2.45, 2.75) is 77.8 Å². The van der Waals surface area contributed by atoms with E-state index in [1.54, 1.807) is 0 Å². The van der Waals surface area contributed by atoms with Gasteiger partial charge >= 0.3 is 0 Å². The Balaban J connectivity index is 4.11. The van der Waals surface area contributed by atoms with E-state index in [1.807, 2.05) is 11.8 Å². The third-order valence-corrected chi connectivity index (χ3v) is 3.84. The van der Waals surface area contributed by atoms with Crippen LogP contribution in [-0.4, -0.2) is 34.6 Å². The van der Waals surface area contributed by atoms with Crippen molar-refractivity contribution in [3.63, 3.8) is 0 Å². The Morgan fingerprint density at radius 3 is 1.88 bits per heavy atom. The van der Waals surface area contributed by atoms with Gasteiger partial charge in [-0.15, -0.1) is 0 Å². The molecule has 0 saturated heterocycles. The molecule has 0 aromatic rings. The largest absolute Gasteiger partial charge is 0.274 e. The number of hydrogen-bond acceptors (Lipinski definition) is 3. The van der Waals surface area contributed by atoms with E-state index in [9.17, 15) is 0 Å². The van der Waals surface area contributed by atoms with Gasteiger partial charge in [-0.25, -0.2) is 0 Å². The highest BCUT2D eigenvalue weighted by Crippen LogP contribution is 2.15. The lowest BCUT2D eigenvalue weighted by molar-refractivity contribution is 0.163. The molecule has 0 rings (SSSR count). The van der Waals surface area contributed by atoms with Gasteiger partial charge in [-0.2, -0.15) is 16.9 Å². The fourth-order valence-electron chi connectivity index (χ4n) is 1.60. The van der Waals surface area contributed by atoms with Crippen LogP contribution >= 0.6 is 11.8 Å². The predicted molar refractivity (Wildman–Crippen MR) is 78.6 cm³/mol. The van der Waals surface area contributed by atoms with E-state index >= 15 is 0 Å². The molecule has 0 radical (unpaired) electrons. The fraction of sp³-hybridized carbons (Fsp3) is 1.00. The highest BCUT2D eigenvalue weighted by atomic mass is 32.2. The lowest BCUT2D eigenvalue weighted by Gasteiger charge is -2.26. The van der Waals surface area contributed by atoms with Crippen molar-refractivity contribution in [1.82, 2.24) is 5.01 Å². The minimum Gasteiger partial charge on any atom is -0.274 e. The molecule has 0 N–H and O–H groups in total. The molecule has 0 aliphatic heterocycles. The summed E-state index contributed by atoms with van der Waals surface area (Å²) in [7, 11) is 0. The summed E-state index contributed by atoms with van der Waals surface area (Å²) >= 11 is 1.92. The van der Waals surface area contributed by atoms with Crippen molar-refractivity contribution in [3.05, 3.63) is 0 Å². The van der Waals surface area contributed by atoms with Crippen LogP contribution in [0.3, 0.4) is 0 Å². The van der Waals surface area contributed by atoms with Crippen molar-refractivity contribution in [2.24, 2.45) is 10.3 Å².